The maximum atomic E-state index is 13.6. The number of aryl methyl sites for hydroxylation is 1. The lowest BCUT2D eigenvalue weighted by atomic mass is 9.76. The average molecular weight is 289 g/mol. The molecular weight excluding hydrogens is 265 g/mol. The van der Waals surface area contributed by atoms with Gasteiger partial charge in [0.2, 0.25) is 0 Å². The summed E-state index contributed by atoms with van der Waals surface area (Å²) in [5, 5.41) is 0. The Hall–Kier alpha value is -1.22. The molecule has 1 aromatic rings. The molecule has 114 valence electrons. The zero-order chi connectivity index (χ0) is 14.8. The van der Waals surface area contributed by atoms with Crippen LogP contribution in [0.4, 0.5) is 4.39 Å². The van der Waals surface area contributed by atoms with Gasteiger partial charge in [-0.05, 0) is 50.8 Å². The molecule has 2 fully saturated rings. The van der Waals surface area contributed by atoms with Crippen molar-refractivity contribution in [2.75, 3.05) is 7.05 Å². The molecule has 2 heterocycles. The molecule has 1 aromatic carbocycles. The standard InChI is InChI=1S/C18H24FNO/c1-20-15-6-4-7-16(20)12-14(11-15)18(21)10-9-13-5-2-3-8-17(13)19/h2-3,5,8,14-16H,4,6-7,9-12H2,1H3. The van der Waals surface area contributed by atoms with Gasteiger partial charge in [-0.15, -0.1) is 0 Å². The second kappa shape index (κ2) is 6.27. The van der Waals surface area contributed by atoms with Crippen molar-refractivity contribution in [3.63, 3.8) is 0 Å². The van der Waals surface area contributed by atoms with Gasteiger partial charge in [-0.25, -0.2) is 4.39 Å². The summed E-state index contributed by atoms with van der Waals surface area (Å²) in [6.07, 6.45) is 6.78. The van der Waals surface area contributed by atoms with Crippen molar-refractivity contribution in [1.82, 2.24) is 4.90 Å². The smallest absolute Gasteiger partial charge is 0.136 e. The number of rotatable bonds is 4. The highest BCUT2D eigenvalue weighted by atomic mass is 19.1. The largest absolute Gasteiger partial charge is 0.300 e. The van der Waals surface area contributed by atoms with E-state index in [1.807, 2.05) is 6.07 Å². The minimum atomic E-state index is -0.189. The Morgan fingerprint density at radius 1 is 1.24 bits per heavy atom. The van der Waals surface area contributed by atoms with Crippen LogP contribution in [0.1, 0.15) is 44.1 Å². The van der Waals surface area contributed by atoms with Gasteiger partial charge in [0.15, 0.2) is 0 Å². The van der Waals surface area contributed by atoms with Crippen molar-refractivity contribution in [2.45, 2.75) is 57.0 Å². The number of halogens is 1. The van der Waals surface area contributed by atoms with E-state index in [4.69, 9.17) is 0 Å². The Kier molecular flexibility index (Phi) is 4.39. The molecule has 0 saturated carbocycles. The predicted octanol–water partition coefficient (Wildman–Crippen LogP) is 3.59. The second-order valence-electron chi connectivity index (χ2n) is 6.63. The quantitative estimate of drug-likeness (QED) is 0.844. The zero-order valence-corrected chi connectivity index (χ0v) is 12.7. The first kappa shape index (κ1) is 14.7. The van der Waals surface area contributed by atoms with Gasteiger partial charge in [0.25, 0.3) is 0 Å². The van der Waals surface area contributed by atoms with Gasteiger partial charge in [-0.1, -0.05) is 24.6 Å². The number of carbonyl (C=O) groups is 1. The summed E-state index contributed by atoms with van der Waals surface area (Å²) in [7, 11) is 2.20. The van der Waals surface area contributed by atoms with E-state index < -0.39 is 0 Å². The van der Waals surface area contributed by atoms with Gasteiger partial charge in [-0.2, -0.15) is 0 Å². The lowest BCUT2D eigenvalue weighted by Crippen LogP contribution is -2.51. The maximum absolute atomic E-state index is 13.6. The minimum absolute atomic E-state index is 0.189. The van der Waals surface area contributed by atoms with E-state index in [-0.39, 0.29) is 11.7 Å². The van der Waals surface area contributed by atoms with Crippen molar-refractivity contribution >= 4 is 5.78 Å². The summed E-state index contributed by atoms with van der Waals surface area (Å²) in [6, 6.07) is 7.95. The van der Waals surface area contributed by atoms with Gasteiger partial charge < -0.3 is 4.90 Å². The average Bonchev–Trinajstić information content (AvgIpc) is 2.46. The fourth-order valence-corrected chi connectivity index (χ4v) is 4.04. The van der Waals surface area contributed by atoms with Gasteiger partial charge in [0.05, 0.1) is 0 Å². The molecule has 2 saturated heterocycles. The first-order chi connectivity index (χ1) is 10.1. The van der Waals surface area contributed by atoms with E-state index >= 15 is 0 Å². The molecule has 3 rings (SSSR count). The second-order valence-corrected chi connectivity index (χ2v) is 6.63. The first-order valence-corrected chi connectivity index (χ1v) is 8.13. The van der Waals surface area contributed by atoms with Crippen molar-refractivity contribution in [2.24, 2.45) is 5.92 Å². The molecule has 2 aliphatic rings. The van der Waals surface area contributed by atoms with Crippen LogP contribution in [0, 0.1) is 11.7 Å². The van der Waals surface area contributed by atoms with E-state index in [1.54, 1.807) is 12.1 Å². The predicted molar refractivity (Wildman–Crippen MR) is 81.6 cm³/mol. The molecule has 0 amide bonds. The van der Waals surface area contributed by atoms with Crippen molar-refractivity contribution in [1.29, 1.82) is 0 Å². The molecule has 2 unspecified atom stereocenters. The van der Waals surface area contributed by atoms with Crippen molar-refractivity contribution in [3.05, 3.63) is 35.6 Å². The molecule has 0 aromatic heterocycles. The third-order valence-electron chi connectivity index (χ3n) is 5.39. The maximum Gasteiger partial charge on any atom is 0.136 e. The highest BCUT2D eigenvalue weighted by molar-refractivity contribution is 5.81. The normalized spacial score (nSPS) is 29.3. The Morgan fingerprint density at radius 3 is 2.57 bits per heavy atom. The van der Waals surface area contributed by atoms with E-state index in [2.05, 4.69) is 11.9 Å². The van der Waals surface area contributed by atoms with E-state index in [0.717, 1.165) is 12.8 Å². The Labute approximate surface area is 126 Å². The number of fused-ring (bicyclic) bond motifs is 2. The van der Waals surface area contributed by atoms with Gasteiger partial charge in [0, 0.05) is 24.4 Å². The molecule has 0 spiro atoms. The molecule has 2 atom stereocenters. The molecule has 2 aliphatic heterocycles. The highest BCUT2D eigenvalue weighted by Crippen LogP contribution is 2.36. The number of benzene rings is 1. The lowest BCUT2D eigenvalue weighted by Gasteiger charge is -2.46. The number of Topliss-reactive ketones (excluding diaryl/α,β-unsaturated/α-hetero) is 1. The lowest BCUT2D eigenvalue weighted by molar-refractivity contribution is -0.126. The molecule has 2 bridgehead atoms. The third-order valence-corrected chi connectivity index (χ3v) is 5.39. The van der Waals surface area contributed by atoms with E-state index in [0.29, 0.717) is 36.3 Å². The Bertz CT molecular complexity index is 502. The molecule has 2 nitrogen and oxygen atoms in total. The number of hydrogen-bond acceptors (Lipinski definition) is 2. The Balaban J connectivity index is 1.58. The van der Waals surface area contributed by atoms with E-state index in [9.17, 15) is 9.18 Å². The van der Waals surface area contributed by atoms with Crippen LogP contribution >= 0.6 is 0 Å². The van der Waals surface area contributed by atoms with E-state index in [1.165, 1.54) is 25.3 Å². The van der Waals surface area contributed by atoms with Crippen LogP contribution < -0.4 is 0 Å². The van der Waals surface area contributed by atoms with Crippen molar-refractivity contribution in [3.8, 4) is 0 Å². The van der Waals surface area contributed by atoms with Gasteiger partial charge in [-0.3, -0.25) is 4.79 Å². The monoisotopic (exact) mass is 289 g/mol. The van der Waals surface area contributed by atoms with Crippen LogP contribution in [-0.4, -0.2) is 29.8 Å². The fourth-order valence-electron chi connectivity index (χ4n) is 4.04. The van der Waals surface area contributed by atoms with Crippen LogP contribution in [0.15, 0.2) is 24.3 Å². The summed E-state index contributed by atoms with van der Waals surface area (Å²) >= 11 is 0. The molecule has 21 heavy (non-hydrogen) atoms. The zero-order valence-electron chi connectivity index (χ0n) is 12.7. The number of hydrogen-bond donors (Lipinski definition) is 0. The van der Waals surface area contributed by atoms with Crippen LogP contribution in [0.2, 0.25) is 0 Å². The molecule has 0 N–H and O–H groups in total. The number of piperidine rings is 2. The summed E-state index contributed by atoms with van der Waals surface area (Å²) in [5.41, 5.74) is 0.666. The summed E-state index contributed by atoms with van der Waals surface area (Å²) in [6.45, 7) is 0. The number of nitrogens with zero attached hydrogens (tertiary/aromatic N) is 1. The summed E-state index contributed by atoms with van der Waals surface area (Å²) in [5.74, 6) is 0.345. The fraction of sp³-hybridized carbons (Fsp3) is 0.611. The molecule has 0 aliphatic carbocycles. The first-order valence-electron chi connectivity index (χ1n) is 8.13. The summed E-state index contributed by atoms with van der Waals surface area (Å²) < 4.78 is 13.6. The topological polar surface area (TPSA) is 20.3 Å². The minimum Gasteiger partial charge on any atom is -0.300 e. The third kappa shape index (κ3) is 3.18. The van der Waals surface area contributed by atoms with Crippen LogP contribution in [0.25, 0.3) is 0 Å². The SMILES string of the molecule is CN1C2CCCC1CC(C(=O)CCc1ccccc1F)C2. The molecular formula is C18H24FNO. The van der Waals surface area contributed by atoms with Gasteiger partial charge >= 0.3 is 0 Å². The molecule has 3 heteroatoms. The van der Waals surface area contributed by atoms with Crippen LogP contribution in [-0.2, 0) is 11.2 Å². The van der Waals surface area contributed by atoms with Crippen molar-refractivity contribution < 1.29 is 9.18 Å². The van der Waals surface area contributed by atoms with Gasteiger partial charge in [0.1, 0.15) is 11.6 Å². The number of carbonyl (C=O) groups excluding carboxylic acids is 1. The summed E-state index contributed by atoms with van der Waals surface area (Å²) in [4.78, 5) is 15.0. The highest BCUT2D eigenvalue weighted by Gasteiger charge is 2.38. The Morgan fingerprint density at radius 2 is 1.90 bits per heavy atom. The van der Waals surface area contributed by atoms with Crippen LogP contribution in [0.3, 0.4) is 0 Å². The van der Waals surface area contributed by atoms with Crippen LogP contribution in [0.5, 0.6) is 0 Å². The number of ketones is 1. The molecule has 0 radical (unpaired) electrons.